The Morgan fingerprint density at radius 1 is 1.47 bits per heavy atom. The van der Waals surface area contributed by atoms with Gasteiger partial charge < -0.3 is 5.73 Å². The summed E-state index contributed by atoms with van der Waals surface area (Å²) in [5.41, 5.74) is 6.71. The van der Waals surface area contributed by atoms with Crippen molar-refractivity contribution in [3.63, 3.8) is 0 Å². The third-order valence-electron chi connectivity index (χ3n) is 2.87. The van der Waals surface area contributed by atoms with Crippen LogP contribution in [-0.2, 0) is 0 Å². The monoisotopic (exact) mass is 223 g/mol. The third kappa shape index (κ3) is 2.84. The lowest BCUT2D eigenvalue weighted by Gasteiger charge is -2.09. The summed E-state index contributed by atoms with van der Waals surface area (Å²) < 4.78 is 0. The number of aromatic nitrogens is 2. The summed E-state index contributed by atoms with van der Waals surface area (Å²) in [4.78, 5) is 8.24. The molecule has 82 valence electrons. The van der Waals surface area contributed by atoms with Crippen LogP contribution in [0.2, 0.25) is 0 Å². The van der Waals surface area contributed by atoms with Gasteiger partial charge in [-0.05, 0) is 31.2 Å². The van der Waals surface area contributed by atoms with E-state index in [0.717, 1.165) is 16.5 Å². The standard InChI is InChI=1S/C11H17N3S/c1-8-6-13-11(12)14-10(8)15-7-9-4-2-3-5-9/h6,9H,2-5,7H2,1H3,(H2,12,13,14). The molecule has 2 N–H and O–H groups in total. The van der Waals surface area contributed by atoms with E-state index in [1.165, 1.54) is 31.4 Å². The Hall–Kier alpha value is -0.770. The van der Waals surface area contributed by atoms with Crippen LogP contribution in [-0.4, -0.2) is 15.7 Å². The van der Waals surface area contributed by atoms with Gasteiger partial charge in [0.25, 0.3) is 0 Å². The van der Waals surface area contributed by atoms with E-state index in [1.54, 1.807) is 6.20 Å². The van der Waals surface area contributed by atoms with Crippen molar-refractivity contribution in [1.29, 1.82) is 0 Å². The van der Waals surface area contributed by atoms with E-state index < -0.39 is 0 Å². The first-order valence-corrected chi connectivity index (χ1v) is 6.46. The van der Waals surface area contributed by atoms with Crippen molar-refractivity contribution < 1.29 is 0 Å². The van der Waals surface area contributed by atoms with Crippen LogP contribution in [0.3, 0.4) is 0 Å². The van der Waals surface area contributed by atoms with E-state index in [9.17, 15) is 0 Å². The molecule has 0 amide bonds. The van der Waals surface area contributed by atoms with Gasteiger partial charge in [0, 0.05) is 11.9 Å². The van der Waals surface area contributed by atoms with Gasteiger partial charge in [0.2, 0.25) is 5.95 Å². The molecular weight excluding hydrogens is 206 g/mol. The molecule has 15 heavy (non-hydrogen) atoms. The Labute approximate surface area is 94.9 Å². The lowest BCUT2D eigenvalue weighted by atomic mass is 10.1. The fourth-order valence-corrected chi connectivity index (χ4v) is 3.12. The maximum absolute atomic E-state index is 5.58. The topological polar surface area (TPSA) is 51.8 Å². The first-order chi connectivity index (χ1) is 7.25. The van der Waals surface area contributed by atoms with Gasteiger partial charge in [0.15, 0.2) is 0 Å². The van der Waals surface area contributed by atoms with Crippen LogP contribution in [0.25, 0.3) is 0 Å². The minimum absolute atomic E-state index is 0.384. The number of hydrogen-bond acceptors (Lipinski definition) is 4. The van der Waals surface area contributed by atoms with Crippen molar-refractivity contribution in [2.24, 2.45) is 5.92 Å². The van der Waals surface area contributed by atoms with E-state index in [4.69, 9.17) is 5.73 Å². The minimum atomic E-state index is 0.384. The van der Waals surface area contributed by atoms with E-state index >= 15 is 0 Å². The second kappa shape index (κ2) is 4.84. The highest BCUT2D eigenvalue weighted by molar-refractivity contribution is 7.99. The summed E-state index contributed by atoms with van der Waals surface area (Å²) >= 11 is 1.83. The highest BCUT2D eigenvalue weighted by Crippen LogP contribution is 2.31. The molecule has 0 spiro atoms. The first kappa shape index (κ1) is 10.7. The summed E-state index contributed by atoms with van der Waals surface area (Å²) in [6.45, 7) is 2.04. The van der Waals surface area contributed by atoms with E-state index in [-0.39, 0.29) is 0 Å². The van der Waals surface area contributed by atoms with Gasteiger partial charge >= 0.3 is 0 Å². The molecule has 0 aromatic carbocycles. The quantitative estimate of drug-likeness (QED) is 0.632. The number of anilines is 1. The second-order valence-electron chi connectivity index (χ2n) is 4.18. The number of rotatable bonds is 3. The fraction of sp³-hybridized carbons (Fsp3) is 0.636. The number of nitrogen functional groups attached to an aromatic ring is 1. The van der Waals surface area contributed by atoms with Crippen molar-refractivity contribution >= 4 is 17.7 Å². The Morgan fingerprint density at radius 3 is 2.93 bits per heavy atom. The number of thioether (sulfide) groups is 1. The van der Waals surface area contributed by atoms with Crippen LogP contribution in [0.5, 0.6) is 0 Å². The van der Waals surface area contributed by atoms with Gasteiger partial charge in [-0.1, -0.05) is 12.8 Å². The Kier molecular flexibility index (Phi) is 3.46. The molecule has 0 aliphatic heterocycles. The van der Waals surface area contributed by atoms with Crippen molar-refractivity contribution in [1.82, 2.24) is 9.97 Å². The molecule has 0 atom stereocenters. The average Bonchev–Trinajstić information content (AvgIpc) is 2.72. The maximum Gasteiger partial charge on any atom is 0.221 e. The molecule has 1 aliphatic carbocycles. The average molecular weight is 223 g/mol. The first-order valence-electron chi connectivity index (χ1n) is 5.47. The van der Waals surface area contributed by atoms with E-state index in [1.807, 2.05) is 18.7 Å². The number of nitrogens with two attached hydrogens (primary N) is 1. The normalized spacial score (nSPS) is 17.1. The van der Waals surface area contributed by atoms with Crippen LogP contribution in [0, 0.1) is 12.8 Å². The molecule has 1 saturated carbocycles. The van der Waals surface area contributed by atoms with Crippen LogP contribution in [0.15, 0.2) is 11.2 Å². The zero-order chi connectivity index (χ0) is 10.7. The molecule has 0 unspecified atom stereocenters. The minimum Gasteiger partial charge on any atom is -0.368 e. The molecule has 0 radical (unpaired) electrons. The van der Waals surface area contributed by atoms with Crippen molar-refractivity contribution in [2.45, 2.75) is 37.6 Å². The molecule has 1 aromatic heterocycles. The molecule has 2 rings (SSSR count). The Morgan fingerprint density at radius 2 is 2.20 bits per heavy atom. The molecule has 1 heterocycles. The van der Waals surface area contributed by atoms with Gasteiger partial charge in [0.05, 0.1) is 0 Å². The summed E-state index contributed by atoms with van der Waals surface area (Å²) in [5, 5.41) is 1.05. The van der Waals surface area contributed by atoms with E-state index in [0.29, 0.717) is 5.95 Å². The molecular formula is C11H17N3S. The predicted molar refractivity (Wildman–Crippen MR) is 63.9 cm³/mol. The summed E-state index contributed by atoms with van der Waals surface area (Å²) in [6, 6.07) is 0. The molecule has 1 fully saturated rings. The molecule has 1 aliphatic rings. The third-order valence-corrected chi connectivity index (χ3v) is 4.20. The predicted octanol–water partition coefficient (Wildman–Crippen LogP) is 2.65. The van der Waals surface area contributed by atoms with Crippen LogP contribution < -0.4 is 5.73 Å². The Balaban J connectivity index is 1.94. The van der Waals surface area contributed by atoms with Gasteiger partial charge in [-0.2, -0.15) is 0 Å². The zero-order valence-electron chi connectivity index (χ0n) is 9.07. The molecule has 0 bridgehead atoms. The Bertz CT molecular complexity index is 335. The van der Waals surface area contributed by atoms with Gasteiger partial charge in [-0.3, -0.25) is 0 Å². The summed E-state index contributed by atoms with van der Waals surface area (Å²) in [7, 11) is 0. The van der Waals surface area contributed by atoms with Crippen LogP contribution in [0.1, 0.15) is 31.2 Å². The molecule has 3 nitrogen and oxygen atoms in total. The van der Waals surface area contributed by atoms with Crippen LogP contribution in [0.4, 0.5) is 5.95 Å². The zero-order valence-corrected chi connectivity index (χ0v) is 9.89. The second-order valence-corrected chi connectivity index (χ2v) is 5.19. The fourth-order valence-electron chi connectivity index (χ4n) is 1.96. The smallest absolute Gasteiger partial charge is 0.221 e. The molecule has 0 saturated heterocycles. The van der Waals surface area contributed by atoms with Crippen molar-refractivity contribution in [3.8, 4) is 0 Å². The van der Waals surface area contributed by atoms with Crippen molar-refractivity contribution in [2.75, 3.05) is 11.5 Å². The van der Waals surface area contributed by atoms with Gasteiger partial charge in [-0.25, -0.2) is 9.97 Å². The summed E-state index contributed by atoms with van der Waals surface area (Å²) in [5.74, 6) is 2.44. The largest absolute Gasteiger partial charge is 0.368 e. The van der Waals surface area contributed by atoms with E-state index in [2.05, 4.69) is 9.97 Å². The van der Waals surface area contributed by atoms with Gasteiger partial charge in [-0.15, -0.1) is 11.8 Å². The number of hydrogen-bond donors (Lipinski definition) is 1. The SMILES string of the molecule is Cc1cnc(N)nc1SCC1CCCC1. The highest BCUT2D eigenvalue weighted by Gasteiger charge is 2.15. The van der Waals surface area contributed by atoms with Crippen LogP contribution >= 0.6 is 11.8 Å². The lowest BCUT2D eigenvalue weighted by Crippen LogP contribution is -2.01. The number of aryl methyl sites for hydroxylation is 1. The van der Waals surface area contributed by atoms with Crippen molar-refractivity contribution in [3.05, 3.63) is 11.8 Å². The lowest BCUT2D eigenvalue weighted by molar-refractivity contribution is 0.622. The molecule has 4 heteroatoms. The highest BCUT2D eigenvalue weighted by atomic mass is 32.2. The number of nitrogens with zero attached hydrogens (tertiary/aromatic N) is 2. The molecule has 1 aromatic rings. The maximum atomic E-state index is 5.58. The summed E-state index contributed by atoms with van der Waals surface area (Å²) in [6.07, 6.45) is 7.37. The van der Waals surface area contributed by atoms with Gasteiger partial charge in [0.1, 0.15) is 5.03 Å².